The van der Waals surface area contributed by atoms with Crippen LogP contribution in [0, 0.1) is 6.04 Å². The van der Waals surface area contributed by atoms with Crippen LogP contribution in [0.15, 0.2) is 36.4 Å². The van der Waals surface area contributed by atoms with Gasteiger partial charge in [0.05, 0.1) is 0 Å². The molecule has 0 aliphatic rings. The Morgan fingerprint density at radius 3 is 2.29 bits per heavy atom. The Morgan fingerprint density at radius 2 is 1.71 bits per heavy atom. The highest BCUT2D eigenvalue weighted by Crippen LogP contribution is 2.09. The highest BCUT2D eigenvalue weighted by molar-refractivity contribution is 6.79. The molecule has 0 N–H and O–H groups in total. The third kappa shape index (κ3) is 5.03. The summed E-state index contributed by atoms with van der Waals surface area (Å²) in [5.41, 5.74) is 1.29. The Morgan fingerprint density at radius 1 is 1.07 bits per heavy atom. The highest BCUT2D eigenvalue weighted by atomic mass is 28.3. The molecule has 0 unspecified atom stereocenters. The summed E-state index contributed by atoms with van der Waals surface area (Å²) in [5.74, 6) is 0. The minimum atomic E-state index is -0.972. The lowest BCUT2D eigenvalue weighted by molar-refractivity contribution is 1.32. The second-order valence-corrected chi connectivity index (χ2v) is 9.76. The van der Waals surface area contributed by atoms with Gasteiger partial charge in [-0.15, -0.1) is 0 Å². The largest absolute Gasteiger partial charge is 0.0839 e. The molecule has 0 saturated heterocycles. The molecule has 1 heteroatoms. The van der Waals surface area contributed by atoms with Gasteiger partial charge in [0, 0.05) is 8.07 Å². The number of benzene rings is 1. The first-order chi connectivity index (χ1) is 6.58. The molecule has 75 valence electrons. The zero-order chi connectivity index (χ0) is 10.4. The van der Waals surface area contributed by atoms with Crippen LogP contribution in [0.2, 0.25) is 19.6 Å². The van der Waals surface area contributed by atoms with Crippen molar-refractivity contribution in [2.75, 3.05) is 0 Å². The molecule has 0 nitrogen and oxygen atoms in total. The molecule has 0 bridgehead atoms. The predicted octanol–water partition coefficient (Wildman–Crippen LogP) is 4.17. The van der Waals surface area contributed by atoms with Crippen molar-refractivity contribution >= 4 is 14.1 Å². The predicted molar refractivity (Wildman–Crippen MR) is 67.7 cm³/mol. The maximum absolute atomic E-state index is 2.46. The van der Waals surface area contributed by atoms with Crippen molar-refractivity contribution < 1.29 is 0 Å². The molecule has 0 aliphatic carbocycles. The Balaban J connectivity index is 2.35. The average molecular weight is 203 g/mol. The molecule has 1 rings (SSSR count). The summed E-state index contributed by atoms with van der Waals surface area (Å²) in [4.78, 5) is 0. The first-order valence-electron chi connectivity index (χ1n) is 5.14. The third-order valence-electron chi connectivity index (χ3n) is 1.98. The molecule has 1 radical (unpaired) electrons. The zero-order valence-corrected chi connectivity index (χ0v) is 10.3. The summed E-state index contributed by atoms with van der Waals surface area (Å²) in [6.45, 7) is 7.09. The van der Waals surface area contributed by atoms with Crippen LogP contribution in [0.25, 0.3) is 6.08 Å². The highest BCUT2D eigenvalue weighted by Gasteiger charge is 2.10. The fraction of sp³-hybridized carbons (Fsp3) is 0.308. The van der Waals surface area contributed by atoms with Gasteiger partial charge >= 0.3 is 0 Å². The van der Waals surface area contributed by atoms with E-state index in [2.05, 4.69) is 62.1 Å². The summed E-state index contributed by atoms with van der Waals surface area (Å²) >= 11 is 0. The van der Waals surface area contributed by atoms with Crippen LogP contribution in [-0.4, -0.2) is 8.07 Å². The monoisotopic (exact) mass is 203 g/mol. The van der Waals surface area contributed by atoms with E-state index in [1.807, 2.05) is 6.07 Å². The van der Waals surface area contributed by atoms with E-state index in [-0.39, 0.29) is 0 Å². The number of hydrogen-bond acceptors (Lipinski definition) is 0. The molecule has 0 heterocycles. The smallest absolute Gasteiger partial charge is 0.0476 e. The number of rotatable bonds is 4. The van der Waals surface area contributed by atoms with Gasteiger partial charge in [-0.25, -0.2) is 0 Å². The Hall–Kier alpha value is -0.823. The maximum Gasteiger partial charge on any atom is 0.0476 e. The van der Waals surface area contributed by atoms with Crippen LogP contribution >= 0.6 is 0 Å². The fourth-order valence-electron chi connectivity index (χ4n) is 1.19. The maximum atomic E-state index is 2.46. The van der Waals surface area contributed by atoms with E-state index in [9.17, 15) is 0 Å². The van der Waals surface area contributed by atoms with E-state index in [1.54, 1.807) is 0 Å². The molecule has 0 aromatic heterocycles. The van der Waals surface area contributed by atoms with Crippen LogP contribution in [0.1, 0.15) is 12.0 Å². The average Bonchev–Trinajstić information content (AvgIpc) is 2.13. The molecule has 0 saturated carbocycles. The number of hydrogen-bond donors (Lipinski definition) is 0. The third-order valence-corrected chi connectivity index (χ3v) is 3.44. The molecule has 1 aromatic rings. The van der Waals surface area contributed by atoms with Crippen molar-refractivity contribution in [1.29, 1.82) is 0 Å². The van der Waals surface area contributed by atoms with Gasteiger partial charge in [-0.2, -0.15) is 0 Å². The lowest BCUT2D eigenvalue weighted by Crippen LogP contribution is -2.20. The van der Waals surface area contributed by atoms with Crippen molar-refractivity contribution in [3.63, 3.8) is 0 Å². The molecular weight excluding hydrogens is 184 g/mol. The van der Waals surface area contributed by atoms with Gasteiger partial charge in [0.1, 0.15) is 0 Å². The van der Waals surface area contributed by atoms with E-state index in [1.165, 1.54) is 5.56 Å². The molecule has 14 heavy (non-hydrogen) atoms. The summed E-state index contributed by atoms with van der Waals surface area (Å²) in [5, 5.41) is 0. The molecule has 0 spiro atoms. The second kappa shape index (κ2) is 5.16. The van der Waals surface area contributed by atoms with Crippen molar-refractivity contribution in [1.82, 2.24) is 0 Å². The topological polar surface area (TPSA) is 0 Å². The molecular formula is C13H19Si. The minimum Gasteiger partial charge on any atom is -0.0839 e. The van der Waals surface area contributed by atoms with Crippen molar-refractivity contribution in [2.24, 2.45) is 0 Å². The summed E-state index contributed by atoms with van der Waals surface area (Å²) < 4.78 is 0. The van der Waals surface area contributed by atoms with Gasteiger partial charge in [-0.3, -0.25) is 0 Å². The van der Waals surface area contributed by atoms with Crippen molar-refractivity contribution in [3.05, 3.63) is 48.0 Å². The molecule has 0 atom stereocenters. The Labute approximate surface area is 88.7 Å². The van der Waals surface area contributed by atoms with Crippen molar-refractivity contribution in [2.45, 2.75) is 26.1 Å². The number of allylic oxidation sites excluding steroid dienone is 1. The molecule has 1 aromatic carbocycles. The van der Waals surface area contributed by atoms with Gasteiger partial charge in [0.15, 0.2) is 0 Å². The van der Waals surface area contributed by atoms with Gasteiger partial charge in [-0.05, 0) is 18.0 Å². The van der Waals surface area contributed by atoms with E-state index in [0.29, 0.717) is 0 Å². The molecule has 0 aliphatic heterocycles. The van der Waals surface area contributed by atoms with Gasteiger partial charge < -0.3 is 0 Å². The van der Waals surface area contributed by atoms with Crippen LogP contribution in [0.5, 0.6) is 0 Å². The van der Waals surface area contributed by atoms with E-state index >= 15 is 0 Å². The Bertz CT molecular complexity index is 280. The van der Waals surface area contributed by atoms with E-state index < -0.39 is 8.07 Å². The van der Waals surface area contributed by atoms with Crippen LogP contribution in [0.4, 0.5) is 0 Å². The quantitative estimate of drug-likeness (QED) is 0.644. The first-order valence-corrected chi connectivity index (χ1v) is 8.72. The SMILES string of the molecule is C[Si](C)(C)[CH]C/C=C/c1ccccc1. The second-order valence-electron chi connectivity index (χ2n) is 4.62. The fourth-order valence-corrected chi connectivity index (χ4v) is 2.03. The van der Waals surface area contributed by atoms with Crippen molar-refractivity contribution in [3.8, 4) is 0 Å². The lowest BCUT2D eigenvalue weighted by atomic mass is 10.2. The van der Waals surface area contributed by atoms with Gasteiger partial charge in [0.25, 0.3) is 0 Å². The summed E-state index contributed by atoms with van der Waals surface area (Å²) in [6, 6.07) is 12.9. The minimum absolute atomic E-state index is 0.972. The van der Waals surface area contributed by atoms with Gasteiger partial charge in [0.2, 0.25) is 0 Å². The van der Waals surface area contributed by atoms with E-state index in [0.717, 1.165) is 6.42 Å². The first kappa shape index (κ1) is 11.3. The Kier molecular flexibility index (Phi) is 4.14. The summed E-state index contributed by atoms with van der Waals surface area (Å²) in [6.07, 6.45) is 5.54. The van der Waals surface area contributed by atoms with Crippen LogP contribution in [0.3, 0.4) is 0 Å². The van der Waals surface area contributed by atoms with Crippen LogP contribution < -0.4 is 0 Å². The summed E-state index contributed by atoms with van der Waals surface area (Å²) in [7, 11) is -0.972. The molecule has 0 fully saturated rings. The zero-order valence-electron chi connectivity index (χ0n) is 9.33. The van der Waals surface area contributed by atoms with Gasteiger partial charge in [-0.1, -0.05) is 62.1 Å². The lowest BCUT2D eigenvalue weighted by Gasteiger charge is -2.12. The normalized spacial score (nSPS) is 12.2. The van der Waals surface area contributed by atoms with E-state index in [4.69, 9.17) is 0 Å². The van der Waals surface area contributed by atoms with Crippen LogP contribution in [-0.2, 0) is 0 Å². The molecule has 0 amide bonds. The standard InChI is InChI=1S/C13H19Si/c1-14(2,3)12-8-7-11-13-9-5-4-6-10-13/h4-7,9-12H,8H2,1-3H3/b11-7+.